The molecular weight excluding hydrogens is 209 g/mol. The van der Waals surface area contributed by atoms with Crippen molar-refractivity contribution in [2.75, 3.05) is 0 Å². The van der Waals surface area contributed by atoms with E-state index in [2.05, 4.69) is 4.98 Å². The van der Waals surface area contributed by atoms with E-state index in [1.807, 2.05) is 45.9 Å². The summed E-state index contributed by atoms with van der Waals surface area (Å²) in [7, 11) is -1.05. The van der Waals surface area contributed by atoms with Crippen LogP contribution >= 0.6 is 8.38 Å². The van der Waals surface area contributed by atoms with E-state index >= 15 is 0 Å². The van der Waals surface area contributed by atoms with E-state index in [1.165, 1.54) is 0 Å². The van der Waals surface area contributed by atoms with Gasteiger partial charge in [0.15, 0.2) is 0 Å². The van der Waals surface area contributed by atoms with Gasteiger partial charge in [0.2, 0.25) is 8.38 Å². The molecule has 84 valence electrons. The lowest BCUT2D eigenvalue weighted by Crippen LogP contribution is -2.15. The Kier molecular flexibility index (Phi) is 5.16. The summed E-state index contributed by atoms with van der Waals surface area (Å²) in [4.78, 5) is 4.26. The monoisotopic (exact) mass is 227 g/mol. The fraction of sp³-hybridized carbons (Fsp3) is 0.545. The van der Waals surface area contributed by atoms with Gasteiger partial charge in [0.05, 0.1) is 12.2 Å². The van der Waals surface area contributed by atoms with E-state index < -0.39 is 8.38 Å². The summed E-state index contributed by atoms with van der Waals surface area (Å²) in [5, 5.41) is 0. The standard InChI is InChI=1S/C11H18NO2P/c1-9(2)13-15(14-10(3)4)11-7-5-6-8-12-11/h5-10H,1-4H3. The fourth-order valence-electron chi connectivity index (χ4n) is 0.978. The van der Waals surface area contributed by atoms with Gasteiger partial charge in [-0.05, 0) is 39.8 Å². The molecule has 1 heterocycles. The van der Waals surface area contributed by atoms with E-state index in [1.54, 1.807) is 6.20 Å². The van der Waals surface area contributed by atoms with E-state index in [9.17, 15) is 0 Å². The molecule has 0 saturated carbocycles. The minimum atomic E-state index is -1.05. The zero-order valence-corrected chi connectivity index (χ0v) is 10.6. The van der Waals surface area contributed by atoms with Crippen molar-refractivity contribution in [2.24, 2.45) is 0 Å². The predicted molar refractivity (Wildman–Crippen MR) is 63.2 cm³/mol. The average molecular weight is 227 g/mol. The highest BCUT2D eigenvalue weighted by Gasteiger charge is 2.18. The summed E-state index contributed by atoms with van der Waals surface area (Å²) in [6.07, 6.45) is 2.06. The third-order valence-electron chi connectivity index (χ3n) is 1.45. The maximum Gasteiger partial charge on any atom is 0.225 e. The summed E-state index contributed by atoms with van der Waals surface area (Å²) in [5.74, 6) is 0. The molecule has 0 amide bonds. The van der Waals surface area contributed by atoms with Gasteiger partial charge in [0.25, 0.3) is 0 Å². The van der Waals surface area contributed by atoms with Crippen LogP contribution in [-0.4, -0.2) is 17.2 Å². The molecule has 0 aliphatic carbocycles. The van der Waals surface area contributed by atoms with Gasteiger partial charge in [0, 0.05) is 6.20 Å². The third kappa shape index (κ3) is 4.70. The second-order valence-electron chi connectivity index (χ2n) is 3.75. The molecule has 1 aromatic rings. The van der Waals surface area contributed by atoms with Gasteiger partial charge in [-0.3, -0.25) is 4.98 Å². The normalized spacial score (nSPS) is 11.7. The van der Waals surface area contributed by atoms with Gasteiger partial charge in [-0.2, -0.15) is 0 Å². The average Bonchev–Trinajstić information content (AvgIpc) is 2.17. The first-order chi connectivity index (χ1) is 7.09. The van der Waals surface area contributed by atoms with Crippen molar-refractivity contribution in [2.45, 2.75) is 39.9 Å². The molecule has 1 rings (SSSR count). The highest BCUT2D eigenvalue weighted by molar-refractivity contribution is 7.55. The SMILES string of the molecule is CC(C)OP(OC(C)C)c1ccccn1. The largest absolute Gasteiger partial charge is 0.327 e. The lowest BCUT2D eigenvalue weighted by molar-refractivity contribution is 0.183. The first-order valence-corrected chi connectivity index (χ1v) is 6.32. The first-order valence-electron chi connectivity index (χ1n) is 5.14. The lowest BCUT2D eigenvalue weighted by atomic mass is 10.5. The van der Waals surface area contributed by atoms with E-state index in [-0.39, 0.29) is 12.2 Å². The second-order valence-corrected chi connectivity index (χ2v) is 5.15. The van der Waals surface area contributed by atoms with Crippen molar-refractivity contribution in [3.8, 4) is 0 Å². The maximum atomic E-state index is 5.73. The number of rotatable bonds is 5. The molecule has 0 saturated heterocycles. The number of hydrogen-bond acceptors (Lipinski definition) is 3. The number of pyridine rings is 1. The van der Waals surface area contributed by atoms with Crippen molar-refractivity contribution < 1.29 is 9.05 Å². The van der Waals surface area contributed by atoms with Crippen LogP contribution < -0.4 is 5.44 Å². The minimum absolute atomic E-state index is 0.150. The molecule has 0 aliphatic rings. The van der Waals surface area contributed by atoms with Crippen LogP contribution in [0.25, 0.3) is 0 Å². The van der Waals surface area contributed by atoms with E-state index in [0.29, 0.717) is 0 Å². The predicted octanol–water partition coefficient (Wildman–Crippen LogP) is 2.87. The number of aromatic nitrogens is 1. The highest BCUT2D eigenvalue weighted by Crippen LogP contribution is 2.39. The van der Waals surface area contributed by atoms with Crippen molar-refractivity contribution in [3.63, 3.8) is 0 Å². The molecule has 0 bridgehead atoms. The molecule has 0 aromatic carbocycles. The van der Waals surface area contributed by atoms with Crippen LogP contribution in [0.3, 0.4) is 0 Å². The van der Waals surface area contributed by atoms with Crippen molar-refractivity contribution in [1.82, 2.24) is 4.98 Å². The summed E-state index contributed by atoms with van der Waals surface area (Å²) in [6.45, 7) is 8.01. The zero-order valence-electron chi connectivity index (χ0n) is 9.68. The van der Waals surface area contributed by atoms with E-state index in [4.69, 9.17) is 9.05 Å². The quantitative estimate of drug-likeness (QED) is 0.725. The smallest absolute Gasteiger partial charge is 0.225 e. The Morgan fingerprint density at radius 3 is 2.07 bits per heavy atom. The van der Waals surface area contributed by atoms with Crippen LogP contribution in [-0.2, 0) is 9.05 Å². The van der Waals surface area contributed by atoms with Crippen LogP contribution in [0, 0.1) is 0 Å². The highest BCUT2D eigenvalue weighted by atomic mass is 31.2. The summed E-state index contributed by atoms with van der Waals surface area (Å²) in [6, 6.07) is 5.78. The van der Waals surface area contributed by atoms with Crippen LogP contribution in [0.15, 0.2) is 24.4 Å². The van der Waals surface area contributed by atoms with Gasteiger partial charge < -0.3 is 9.05 Å². The Morgan fingerprint density at radius 1 is 1.07 bits per heavy atom. The number of hydrogen-bond donors (Lipinski definition) is 0. The van der Waals surface area contributed by atoms with Gasteiger partial charge in [0.1, 0.15) is 5.44 Å². The summed E-state index contributed by atoms with van der Waals surface area (Å²) in [5.41, 5.74) is 0.884. The molecule has 4 heteroatoms. The van der Waals surface area contributed by atoms with Gasteiger partial charge in [-0.1, -0.05) is 6.07 Å². The molecule has 15 heavy (non-hydrogen) atoms. The fourth-order valence-corrected chi connectivity index (χ4v) is 2.38. The molecule has 0 fully saturated rings. The van der Waals surface area contributed by atoms with Crippen LogP contribution in [0.2, 0.25) is 0 Å². The van der Waals surface area contributed by atoms with Gasteiger partial charge in [-0.25, -0.2) is 0 Å². The van der Waals surface area contributed by atoms with Gasteiger partial charge in [-0.15, -0.1) is 0 Å². The van der Waals surface area contributed by atoms with Crippen molar-refractivity contribution >= 4 is 13.8 Å². The van der Waals surface area contributed by atoms with Crippen molar-refractivity contribution in [3.05, 3.63) is 24.4 Å². The topological polar surface area (TPSA) is 31.4 Å². The minimum Gasteiger partial charge on any atom is -0.327 e. The Bertz CT molecular complexity index is 267. The van der Waals surface area contributed by atoms with Crippen LogP contribution in [0.1, 0.15) is 27.7 Å². The maximum absolute atomic E-state index is 5.73. The lowest BCUT2D eigenvalue weighted by Gasteiger charge is -2.20. The third-order valence-corrected chi connectivity index (χ3v) is 3.31. The molecule has 0 radical (unpaired) electrons. The molecule has 1 aromatic heterocycles. The first kappa shape index (κ1) is 12.6. The molecule has 0 N–H and O–H groups in total. The molecule has 0 aliphatic heterocycles. The Morgan fingerprint density at radius 2 is 1.67 bits per heavy atom. The summed E-state index contributed by atoms with van der Waals surface area (Å²) >= 11 is 0. The Labute approximate surface area is 92.7 Å². The second kappa shape index (κ2) is 6.16. The Balaban J connectivity index is 2.72. The van der Waals surface area contributed by atoms with E-state index in [0.717, 1.165) is 5.44 Å². The summed E-state index contributed by atoms with van der Waals surface area (Å²) < 4.78 is 11.5. The molecule has 3 nitrogen and oxygen atoms in total. The van der Waals surface area contributed by atoms with Gasteiger partial charge >= 0.3 is 0 Å². The van der Waals surface area contributed by atoms with Crippen LogP contribution in [0.4, 0.5) is 0 Å². The molecular formula is C11H18NO2P. The molecule has 0 spiro atoms. The molecule has 0 unspecified atom stereocenters. The van der Waals surface area contributed by atoms with Crippen molar-refractivity contribution in [1.29, 1.82) is 0 Å². The number of nitrogens with zero attached hydrogens (tertiary/aromatic N) is 1. The molecule has 0 atom stereocenters. The zero-order chi connectivity index (χ0) is 11.3. The Hall–Kier alpha value is -0.500. The van der Waals surface area contributed by atoms with Crippen LogP contribution in [0.5, 0.6) is 0 Å².